The largest absolute Gasteiger partial charge is 0.465 e. The molecule has 1 heterocycles. The number of amides is 2. The second kappa shape index (κ2) is 9.30. The van der Waals surface area contributed by atoms with Gasteiger partial charge in [-0.1, -0.05) is 13.8 Å². The lowest BCUT2D eigenvalue weighted by molar-refractivity contribution is -0.123. The van der Waals surface area contributed by atoms with Crippen LogP contribution in [-0.4, -0.2) is 43.7 Å². The highest BCUT2D eigenvalue weighted by Crippen LogP contribution is 2.30. The summed E-state index contributed by atoms with van der Waals surface area (Å²) >= 11 is 0. The summed E-state index contributed by atoms with van der Waals surface area (Å²) in [4.78, 5) is 30.3. The first-order valence-corrected chi connectivity index (χ1v) is 9.95. The maximum Gasteiger partial charge on any atom is 0.408 e. The van der Waals surface area contributed by atoms with Crippen molar-refractivity contribution >= 4 is 17.7 Å². The molecule has 0 aliphatic rings. The maximum atomic E-state index is 13.2. The van der Waals surface area contributed by atoms with E-state index in [1.807, 2.05) is 13.8 Å². The standard InChI is InChI=1S/C22H31N3O5/c1-13(2)9-18(25(21(28)29)22(4,5)6)20(27)24-17-8-7-15(10-16(17)14(3)26)19-11-23-12-30-19/h7-8,10-14,18,26H,9H2,1-6H3,(H,24,27)(H,28,29). The number of hydrogen-bond donors (Lipinski definition) is 3. The van der Waals surface area contributed by atoms with Gasteiger partial charge in [0.2, 0.25) is 5.91 Å². The first-order valence-electron chi connectivity index (χ1n) is 9.95. The number of oxazole rings is 1. The fraction of sp³-hybridized carbons (Fsp3) is 0.500. The smallest absolute Gasteiger partial charge is 0.408 e. The summed E-state index contributed by atoms with van der Waals surface area (Å²) in [6.07, 6.45) is 1.24. The molecule has 8 heteroatoms. The van der Waals surface area contributed by atoms with Crippen LogP contribution in [-0.2, 0) is 4.79 Å². The SMILES string of the molecule is CC(C)CC(C(=O)Nc1ccc(-c2cnco2)cc1C(C)O)N(C(=O)O)C(C)(C)C. The van der Waals surface area contributed by atoms with Gasteiger partial charge in [0.25, 0.3) is 0 Å². The molecule has 0 aliphatic heterocycles. The van der Waals surface area contributed by atoms with Crippen LogP contribution in [0.5, 0.6) is 0 Å². The second-order valence-electron chi connectivity index (χ2n) is 8.80. The van der Waals surface area contributed by atoms with Gasteiger partial charge >= 0.3 is 6.09 Å². The van der Waals surface area contributed by atoms with Crippen LogP contribution in [0.2, 0.25) is 0 Å². The number of carbonyl (C=O) groups is 2. The van der Waals surface area contributed by atoms with Gasteiger partial charge in [0, 0.05) is 22.4 Å². The molecule has 2 rings (SSSR count). The lowest BCUT2D eigenvalue weighted by Crippen LogP contribution is -2.56. The molecule has 0 saturated carbocycles. The fourth-order valence-corrected chi connectivity index (χ4v) is 3.41. The summed E-state index contributed by atoms with van der Waals surface area (Å²) < 4.78 is 5.30. The average molecular weight is 418 g/mol. The zero-order valence-corrected chi connectivity index (χ0v) is 18.3. The highest BCUT2D eigenvalue weighted by molar-refractivity contribution is 5.97. The Morgan fingerprint density at radius 1 is 1.23 bits per heavy atom. The molecule has 0 saturated heterocycles. The van der Waals surface area contributed by atoms with Crippen molar-refractivity contribution in [3.8, 4) is 11.3 Å². The van der Waals surface area contributed by atoms with E-state index in [0.717, 1.165) is 0 Å². The van der Waals surface area contributed by atoms with E-state index in [9.17, 15) is 19.8 Å². The van der Waals surface area contributed by atoms with Gasteiger partial charge in [0.1, 0.15) is 6.04 Å². The van der Waals surface area contributed by atoms with Crippen molar-refractivity contribution in [3.05, 3.63) is 36.4 Å². The van der Waals surface area contributed by atoms with Crippen LogP contribution in [0.4, 0.5) is 10.5 Å². The minimum absolute atomic E-state index is 0.106. The van der Waals surface area contributed by atoms with Gasteiger partial charge in [-0.05, 0) is 58.2 Å². The molecule has 1 aromatic carbocycles. The summed E-state index contributed by atoms with van der Waals surface area (Å²) in [5, 5.41) is 22.9. The molecular formula is C22H31N3O5. The predicted octanol–water partition coefficient (Wildman–Crippen LogP) is 4.53. The van der Waals surface area contributed by atoms with Gasteiger partial charge in [-0.3, -0.25) is 9.69 Å². The van der Waals surface area contributed by atoms with Crippen molar-refractivity contribution in [2.24, 2.45) is 5.92 Å². The number of anilines is 1. The summed E-state index contributed by atoms with van der Waals surface area (Å²) in [5.41, 5.74) is 0.873. The summed E-state index contributed by atoms with van der Waals surface area (Å²) in [6.45, 7) is 10.8. The van der Waals surface area contributed by atoms with Gasteiger partial charge in [0.05, 0.1) is 12.3 Å². The van der Waals surface area contributed by atoms with Crippen molar-refractivity contribution in [1.29, 1.82) is 0 Å². The molecule has 2 unspecified atom stereocenters. The number of benzene rings is 1. The normalized spacial score (nSPS) is 13.7. The van der Waals surface area contributed by atoms with Gasteiger partial charge in [-0.25, -0.2) is 9.78 Å². The maximum absolute atomic E-state index is 13.2. The number of rotatable bonds is 7. The van der Waals surface area contributed by atoms with Crippen LogP contribution in [0.15, 0.2) is 35.2 Å². The first-order chi connectivity index (χ1) is 13.9. The second-order valence-corrected chi connectivity index (χ2v) is 8.80. The lowest BCUT2D eigenvalue weighted by atomic mass is 9.96. The van der Waals surface area contributed by atoms with E-state index in [1.54, 1.807) is 52.1 Å². The van der Waals surface area contributed by atoms with Crippen LogP contribution >= 0.6 is 0 Å². The molecule has 2 aromatic rings. The highest BCUT2D eigenvalue weighted by Gasteiger charge is 2.38. The summed E-state index contributed by atoms with van der Waals surface area (Å²) in [6, 6.07) is 4.26. The molecule has 0 bridgehead atoms. The minimum Gasteiger partial charge on any atom is -0.465 e. The number of nitrogens with one attached hydrogen (secondary N) is 1. The molecule has 0 spiro atoms. The van der Waals surface area contributed by atoms with Gasteiger partial charge in [-0.15, -0.1) is 0 Å². The monoisotopic (exact) mass is 417 g/mol. The van der Waals surface area contributed by atoms with E-state index >= 15 is 0 Å². The van der Waals surface area contributed by atoms with Crippen molar-refractivity contribution in [2.45, 2.75) is 65.6 Å². The molecule has 0 radical (unpaired) electrons. The Morgan fingerprint density at radius 3 is 2.37 bits per heavy atom. The Balaban J connectivity index is 2.40. The van der Waals surface area contributed by atoms with Gasteiger partial charge < -0.3 is 19.9 Å². The molecule has 30 heavy (non-hydrogen) atoms. The summed E-state index contributed by atoms with van der Waals surface area (Å²) in [7, 11) is 0. The number of aromatic nitrogens is 1. The molecule has 0 fully saturated rings. The van der Waals surface area contributed by atoms with Crippen LogP contribution in [0, 0.1) is 5.92 Å². The van der Waals surface area contributed by atoms with E-state index in [0.29, 0.717) is 29.0 Å². The first kappa shape index (κ1) is 23.4. The number of aliphatic hydroxyl groups is 1. The van der Waals surface area contributed by atoms with Gasteiger partial charge in [0.15, 0.2) is 12.2 Å². The van der Waals surface area contributed by atoms with Crippen LogP contribution < -0.4 is 5.32 Å². The number of carbonyl (C=O) groups excluding carboxylic acids is 1. The third kappa shape index (κ3) is 5.60. The molecule has 2 amide bonds. The Bertz CT molecular complexity index is 869. The fourth-order valence-electron chi connectivity index (χ4n) is 3.41. The Kier molecular flexibility index (Phi) is 7.25. The van der Waals surface area contributed by atoms with Crippen LogP contribution in [0.1, 0.15) is 59.6 Å². The van der Waals surface area contributed by atoms with Crippen molar-refractivity contribution in [1.82, 2.24) is 9.88 Å². The summed E-state index contributed by atoms with van der Waals surface area (Å²) in [5.74, 6) is 0.211. The van der Waals surface area contributed by atoms with Crippen molar-refractivity contribution < 1.29 is 24.2 Å². The van der Waals surface area contributed by atoms with E-state index in [1.165, 1.54) is 11.3 Å². The zero-order chi connectivity index (χ0) is 22.6. The quantitative estimate of drug-likeness (QED) is 0.610. The van der Waals surface area contributed by atoms with Crippen LogP contribution in [0.3, 0.4) is 0 Å². The molecular weight excluding hydrogens is 386 g/mol. The molecule has 2 atom stereocenters. The average Bonchev–Trinajstić information content (AvgIpc) is 3.14. The molecule has 0 aliphatic carbocycles. The Labute approximate surface area is 176 Å². The Morgan fingerprint density at radius 2 is 1.90 bits per heavy atom. The number of carboxylic acid groups (broad SMARTS) is 1. The van der Waals surface area contributed by atoms with E-state index in [-0.39, 0.29) is 5.92 Å². The molecule has 164 valence electrons. The predicted molar refractivity (Wildman–Crippen MR) is 114 cm³/mol. The number of aliphatic hydroxyl groups excluding tert-OH is 1. The van der Waals surface area contributed by atoms with Crippen molar-refractivity contribution in [2.75, 3.05) is 5.32 Å². The zero-order valence-electron chi connectivity index (χ0n) is 18.3. The molecule has 3 N–H and O–H groups in total. The van der Waals surface area contributed by atoms with E-state index in [4.69, 9.17) is 4.42 Å². The van der Waals surface area contributed by atoms with E-state index < -0.39 is 29.7 Å². The Hall–Kier alpha value is -2.87. The highest BCUT2D eigenvalue weighted by atomic mass is 16.4. The van der Waals surface area contributed by atoms with Crippen molar-refractivity contribution in [3.63, 3.8) is 0 Å². The van der Waals surface area contributed by atoms with E-state index in [2.05, 4.69) is 10.3 Å². The lowest BCUT2D eigenvalue weighted by Gasteiger charge is -2.39. The van der Waals surface area contributed by atoms with Crippen LogP contribution in [0.25, 0.3) is 11.3 Å². The number of hydrogen-bond acceptors (Lipinski definition) is 5. The number of nitrogens with zero attached hydrogens (tertiary/aromatic N) is 2. The minimum atomic E-state index is -1.15. The third-order valence-corrected chi connectivity index (χ3v) is 4.71. The molecule has 8 nitrogen and oxygen atoms in total. The topological polar surface area (TPSA) is 116 Å². The molecule has 1 aromatic heterocycles. The van der Waals surface area contributed by atoms with Gasteiger partial charge in [-0.2, -0.15) is 0 Å². The third-order valence-electron chi connectivity index (χ3n) is 4.71.